The van der Waals surface area contributed by atoms with Crippen molar-refractivity contribution in [1.82, 2.24) is 10.2 Å². The van der Waals surface area contributed by atoms with Crippen molar-refractivity contribution in [3.63, 3.8) is 0 Å². The molecule has 0 spiro atoms. The highest BCUT2D eigenvalue weighted by atomic mass is 32.2. The molecular formula is C17H21N3O3S. The lowest BCUT2D eigenvalue weighted by atomic mass is 10.1. The lowest BCUT2D eigenvalue weighted by Gasteiger charge is -2.21. The molecule has 2 heterocycles. The quantitative estimate of drug-likeness (QED) is 0.797. The third kappa shape index (κ3) is 3.72. The largest absolute Gasteiger partial charge is 0.352 e. The van der Waals surface area contributed by atoms with Crippen molar-refractivity contribution >= 4 is 35.2 Å². The molecule has 1 atom stereocenters. The predicted molar refractivity (Wildman–Crippen MR) is 93.2 cm³/mol. The van der Waals surface area contributed by atoms with Gasteiger partial charge >= 0.3 is 0 Å². The van der Waals surface area contributed by atoms with Gasteiger partial charge < -0.3 is 15.5 Å². The van der Waals surface area contributed by atoms with Crippen LogP contribution in [0.25, 0.3) is 0 Å². The topological polar surface area (TPSA) is 78.5 Å². The zero-order valence-electron chi connectivity index (χ0n) is 13.6. The van der Waals surface area contributed by atoms with Crippen LogP contribution in [0.1, 0.15) is 36.5 Å². The van der Waals surface area contributed by atoms with E-state index in [0.29, 0.717) is 30.8 Å². The van der Waals surface area contributed by atoms with E-state index in [1.807, 2.05) is 17.9 Å². The van der Waals surface area contributed by atoms with Crippen molar-refractivity contribution in [2.24, 2.45) is 0 Å². The summed E-state index contributed by atoms with van der Waals surface area (Å²) in [5, 5.41) is 5.58. The highest BCUT2D eigenvalue weighted by molar-refractivity contribution is 8.00. The van der Waals surface area contributed by atoms with Gasteiger partial charge in [-0.1, -0.05) is 0 Å². The molecule has 0 radical (unpaired) electrons. The number of hydrogen-bond acceptors (Lipinski definition) is 4. The lowest BCUT2D eigenvalue weighted by Crippen LogP contribution is -2.31. The molecule has 0 aromatic heterocycles. The number of hydrogen-bond donors (Lipinski definition) is 2. The Morgan fingerprint density at radius 3 is 3.00 bits per heavy atom. The van der Waals surface area contributed by atoms with Crippen LogP contribution in [0.4, 0.5) is 5.69 Å². The number of benzene rings is 1. The van der Waals surface area contributed by atoms with E-state index < -0.39 is 0 Å². The van der Waals surface area contributed by atoms with Gasteiger partial charge in [0.15, 0.2) is 0 Å². The summed E-state index contributed by atoms with van der Waals surface area (Å²) >= 11 is 1.49. The minimum absolute atomic E-state index is 0.0414. The third-order valence-electron chi connectivity index (χ3n) is 4.23. The maximum atomic E-state index is 12.2. The molecule has 1 unspecified atom stereocenters. The first-order valence-electron chi connectivity index (χ1n) is 8.22. The molecule has 1 aromatic carbocycles. The average molecular weight is 347 g/mol. The summed E-state index contributed by atoms with van der Waals surface area (Å²) in [6.07, 6.45) is 2.32. The molecule has 1 fully saturated rings. The monoisotopic (exact) mass is 347 g/mol. The van der Waals surface area contributed by atoms with Crippen LogP contribution in [0.5, 0.6) is 0 Å². The molecule has 3 amide bonds. The molecule has 1 saturated heterocycles. The normalized spacial score (nSPS) is 19.9. The van der Waals surface area contributed by atoms with Crippen LogP contribution >= 0.6 is 11.8 Å². The maximum Gasteiger partial charge on any atom is 0.251 e. The molecule has 128 valence electrons. The second-order valence-electron chi connectivity index (χ2n) is 6.05. The molecule has 0 bridgehead atoms. The highest BCUT2D eigenvalue weighted by Gasteiger charge is 2.24. The number of carbonyl (C=O) groups excluding carboxylic acids is 3. The van der Waals surface area contributed by atoms with E-state index in [-0.39, 0.29) is 23.0 Å². The van der Waals surface area contributed by atoms with E-state index in [1.54, 1.807) is 12.1 Å². The van der Waals surface area contributed by atoms with Crippen LogP contribution in [0.3, 0.4) is 0 Å². The van der Waals surface area contributed by atoms with Crippen LogP contribution in [0.15, 0.2) is 23.1 Å². The Bertz CT molecular complexity index is 677. The van der Waals surface area contributed by atoms with E-state index >= 15 is 0 Å². The second kappa shape index (κ2) is 7.25. The van der Waals surface area contributed by atoms with Gasteiger partial charge in [0.2, 0.25) is 11.8 Å². The molecule has 2 N–H and O–H groups in total. The van der Waals surface area contributed by atoms with Gasteiger partial charge in [0, 0.05) is 36.5 Å². The smallest absolute Gasteiger partial charge is 0.251 e. The van der Waals surface area contributed by atoms with Gasteiger partial charge in [-0.05, 0) is 38.0 Å². The first kappa shape index (κ1) is 16.8. The van der Waals surface area contributed by atoms with Crippen molar-refractivity contribution in [1.29, 1.82) is 0 Å². The summed E-state index contributed by atoms with van der Waals surface area (Å²) < 4.78 is 0. The zero-order valence-corrected chi connectivity index (χ0v) is 14.4. The summed E-state index contributed by atoms with van der Waals surface area (Å²) in [4.78, 5) is 38.3. The number of nitrogens with one attached hydrogen (secondary N) is 2. The van der Waals surface area contributed by atoms with Gasteiger partial charge in [-0.3, -0.25) is 14.4 Å². The predicted octanol–water partition coefficient (Wildman–Crippen LogP) is 1.86. The van der Waals surface area contributed by atoms with Gasteiger partial charge in [-0.25, -0.2) is 0 Å². The van der Waals surface area contributed by atoms with Gasteiger partial charge in [-0.15, -0.1) is 11.8 Å². The van der Waals surface area contributed by atoms with Crippen LogP contribution in [-0.2, 0) is 9.59 Å². The number of likely N-dealkylation sites (tertiary alicyclic amines) is 1. The minimum Gasteiger partial charge on any atom is -0.352 e. The lowest BCUT2D eigenvalue weighted by molar-refractivity contribution is -0.127. The second-order valence-corrected chi connectivity index (χ2v) is 7.44. The van der Waals surface area contributed by atoms with E-state index in [0.717, 1.165) is 24.3 Å². The summed E-state index contributed by atoms with van der Waals surface area (Å²) in [6, 6.07) is 5.36. The molecule has 2 aliphatic heterocycles. The Kier molecular flexibility index (Phi) is 5.08. The molecule has 0 aliphatic carbocycles. The van der Waals surface area contributed by atoms with Crippen molar-refractivity contribution in [2.45, 2.75) is 36.3 Å². The zero-order chi connectivity index (χ0) is 17.1. The molecular weight excluding hydrogens is 326 g/mol. The Morgan fingerprint density at radius 2 is 2.25 bits per heavy atom. The molecule has 24 heavy (non-hydrogen) atoms. The van der Waals surface area contributed by atoms with Crippen LogP contribution in [0, 0.1) is 0 Å². The molecule has 1 aromatic rings. The number of anilines is 1. The molecule has 2 aliphatic rings. The van der Waals surface area contributed by atoms with Crippen molar-refractivity contribution in [3.8, 4) is 0 Å². The number of rotatable bonds is 5. The van der Waals surface area contributed by atoms with Crippen molar-refractivity contribution in [2.75, 3.05) is 25.0 Å². The molecule has 7 heteroatoms. The fourth-order valence-corrected chi connectivity index (χ4v) is 3.79. The molecule has 6 nitrogen and oxygen atoms in total. The number of fused-ring (bicyclic) bond motifs is 1. The standard InChI is InChI=1S/C17H21N3O3S/c1-11-16(22)19-13-10-12(5-6-14(13)24-11)17(23)18-7-3-9-20-8-2-4-15(20)21/h5-6,10-11H,2-4,7-9H2,1H3,(H,18,23)(H,19,22). The summed E-state index contributed by atoms with van der Waals surface area (Å²) in [6.45, 7) is 3.90. The van der Waals surface area contributed by atoms with Gasteiger partial charge in [0.25, 0.3) is 5.91 Å². The number of amides is 3. The van der Waals surface area contributed by atoms with Crippen LogP contribution in [0.2, 0.25) is 0 Å². The average Bonchev–Trinajstić information content (AvgIpc) is 2.97. The highest BCUT2D eigenvalue weighted by Crippen LogP contribution is 2.35. The fraction of sp³-hybridized carbons (Fsp3) is 0.471. The SMILES string of the molecule is CC1Sc2ccc(C(=O)NCCCN3CCCC3=O)cc2NC1=O. The van der Waals surface area contributed by atoms with Gasteiger partial charge in [0.05, 0.1) is 10.9 Å². The van der Waals surface area contributed by atoms with E-state index in [4.69, 9.17) is 0 Å². The first-order chi connectivity index (χ1) is 11.5. The summed E-state index contributed by atoms with van der Waals surface area (Å²) in [5.41, 5.74) is 1.22. The van der Waals surface area contributed by atoms with Crippen molar-refractivity contribution < 1.29 is 14.4 Å². The summed E-state index contributed by atoms with van der Waals surface area (Å²) in [7, 11) is 0. The minimum atomic E-state index is -0.164. The first-order valence-corrected chi connectivity index (χ1v) is 9.10. The maximum absolute atomic E-state index is 12.2. The van der Waals surface area contributed by atoms with Crippen LogP contribution in [-0.4, -0.2) is 47.5 Å². The van der Waals surface area contributed by atoms with E-state index in [2.05, 4.69) is 10.6 Å². The van der Waals surface area contributed by atoms with Crippen molar-refractivity contribution in [3.05, 3.63) is 23.8 Å². The van der Waals surface area contributed by atoms with Gasteiger partial charge in [0.1, 0.15) is 0 Å². The van der Waals surface area contributed by atoms with Gasteiger partial charge in [-0.2, -0.15) is 0 Å². The number of carbonyl (C=O) groups is 3. The Balaban J connectivity index is 1.51. The number of thioether (sulfide) groups is 1. The Labute approximate surface area is 145 Å². The molecule has 0 saturated carbocycles. The Hall–Kier alpha value is -2.02. The Morgan fingerprint density at radius 1 is 1.42 bits per heavy atom. The van der Waals surface area contributed by atoms with E-state index in [1.165, 1.54) is 11.8 Å². The molecule has 3 rings (SSSR count). The van der Waals surface area contributed by atoms with E-state index in [9.17, 15) is 14.4 Å². The summed E-state index contributed by atoms with van der Waals surface area (Å²) in [5.74, 6) is 0.00208. The van der Waals surface area contributed by atoms with Crippen LogP contribution < -0.4 is 10.6 Å². The number of nitrogens with zero attached hydrogens (tertiary/aromatic N) is 1. The third-order valence-corrected chi connectivity index (χ3v) is 5.41. The fourth-order valence-electron chi connectivity index (χ4n) is 2.86.